The number of ether oxygens (including phenoxy) is 1. The molecule has 0 aliphatic rings. The fourth-order valence-electron chi connectivity index (χ4n) is 1.55. The van der Waals surface area contributed by atoms with Crippen molar-refractivity contribution in [2.75, 3.05) is 0 Å². The average Bonchev–Trinajstić information content (AvgIpc) is 2.88. The van der Waals surface area contributed by atoms with Crippen LogP contribution in [-0.4, -0.2) is 11.0 Å². The van der Waals surface area contributed by atoms with Gasteiger partial charge in [0, 0.05) is 18.0 Å². The van der Waals surface area contributed by atoms with Crippen molar-refractivity contribution in [3.8, 4) is 5.75 Å². The highest BCUT2D eigenvalue weighted by atomic mass is 79.9. The van der Waals surface area contributed by atoms with Crippen LogP contribution in [0.4, 0.5) is 0 Å². The van der Waals surface area contributed by atoms with E-state index in [9.17, 15) is 0 Å². The highest BCUT2D eigenvalue weighted by Gasteiger charge is 2.04. The van der Waals surface area contributed by atoms with Gasteiger partial charge in [0.2, 0.25) is 0 Å². The van der Waals surface area contributed by atoms with E-state index in [0.29, 0.717) is 12.6 Å². The summed E-state index contributed by atoms with van der Waals surface area (Å²) in [5.74, 6) is 0.848. The molecule has 2 aromatic rings. The third-order valence-corrected chi connectivity index (χ3v) is 3.82. The molecule has 19 heavy (non-hydrogen) atoms. The van der Waals surface area contributed by atoms with Gasteiger partial charge in [0.1, 0.15) is 12.4 Å². The molecule has 0 amide bonds. The summed E-state index contributed by atoms with van der Waals surface area (Å²) in [5.41, 5.74) is 4.01. The monoisotopic (exact) mass is 340 g/mol. The van der Waals surface area contributed by atoms with E-state index in [1.54, 1.807) is 11.3 Å². The molecule has 0 radical (unpaired) electrons. The van der Waals surface area contributed by atoms with Crippen molar-refractivity contribution in [3.63, 3.8) is 0 Å². The summed E-state index contributed by atoms with van der Waals surface area (Å²) in [6.07, 6.45) is 0. The lowest BCUT2D eigenvalue weighted by atomic mass is 10.2. The Morgan fingerprint density at radius 2 is 2.26 bits per heavy atom. The Hall–Kier alpha value is -0.910. The van der Waals surface area contributed by atoms with Crippen molar-refractivity contribution in [2.45, 2.75) is 33.0 Å². The summed E-state index contributed by atoms with van der Waals surface area (Å²) >= 11 is 5.13. The van der Waals surface area contributed by atoms with Gasteiger partial charge in [0.05, 0.1) is 15.7 Å². The number of nitrogens with zero attached hydrogens (tertiary/aromatic N) is 1. The van der Waals surface area contributed by atoms with E-state index in [-0.39, 0.29) is 0 Å². The third kappa shape index (κ3) is 4.60. The van der Waals surface area contributed by atoms with Crippen molar-refractivity contribution >= 4 is 27.3 Å². The Balaban J connectivity index is 1.94. The standard InChI is InChI=1S/C14H17BrN2OS/c1-10(2)16-6-11-3-4-14(13(15)5-11)18-7-12-8-19-9-17-12/h3-5,8-10,16H,6-7H2,1-2H3. The highest BCUT2D eigenvalue weighted by Crippen LogP contribution is 2.26. The number of nitrogens with one attached hydrogen (secondary N) is 1. The van der Waals surface area contributed by atoms with Crippen LogP contribution in [0.2, 0.25) is 0 Å². The molecule has 0 spiro atoms. The molecule has 5 heteroatoms. The Kier molecular flexibility index (Phi) is 5.36. The summed E-state index contributed by atoms with van der Waals surface area (Å²) in [6.45, 7) is 5.65. The molecule has 1 aromatic carbocycles. The lowest BCUT2D eigenvalue weighted by Gasteiger charge is -2.11. The van der Waals surface area contributed by atoms with Gasteiger partial charge in [-0.3, -0.25) is 0 Å². The van der Waals surface area contributed by atoms with Crippen molar-refractivity contribution in [1.82, 2.24) is 10.3 Å². The fourth-order valence-corrected chi connectivity index (χ4v) is 2.64. The van der Waals surface area contributed by atoms with Crippen molar-refractivity contribution in [1.29, 1.82) is 0 Å². The molecule has 0 aliphatic carbocycles. The molecule has 0 bridgehead atoms. The largest absolute Gasteiger partial charge is 0.486 e. The fraction of sp³-hybridized carbons (Fsp3) is 0.357. The predicted molar refractivity (Wildman–Crippen MR) is 82.6 cm³/mol. The van der Waals surface area contributed by atoms with Crippen molar-refractivity contribution in [3.05, 3.63) is 44.8 Å². The lowest BCUT2D eigenvalue weighted by Crippen LogP contribution is -2.21. The average molecular weight is 341 g/mol. The second kappa shape index (κ2) is 7.03. The molecule has 3 nitrogen and oxygen atoms in total. The molecule has 0 fully saturated rings. The van der Waals surface area contributed by atoms with Crippen LogP contribution < -0.4 is 10.1 Å². The number of hydrogen-bond acceptors (Lipinski definition) is 4. The van der Waals surface area contributed by atoms with Crippen LogP contribution in [0.1, 0.15) is 25.1 Å². The van der Waals surface area contributed by atoms with Gasteiger partial charge in [-0.15, -0.1) is 11.3 Å². The maximum atomic E-state index is 5.74. The summed E-state index contributed by atoms with van der Waals surface area (Å²) < 4.78 is 6.72. The molecular formula is C14H17BrN2OS. The number of hydrogen-bond donors (Lipinski definition) is 1. The lowest BCUT2D eigenvalue weighted by molar-refractivity contribution is 0.300. The van der Waals surface area contributed by atoms with E-state index in [4.69, 9.17) is 4.74 Å². The predicted octanol–water partition coefficient (Wildman–Crippen LogP) is 3.98. The van der Waals surface area contributed by atoms with E-state index < -0.39 is 0 Å². The maximum absolute atomic E-state index is 5.74. The van der Waals surface area contributed by atoms with Gasteiger partial charge in [-0.05, 0) is 33.6 Å². The molecule has 0 saturated heterocycles. The zero-order valence-corrected chi connectivity index (χ0v) is 13.4. The molecular weight excluding hydrogens is 324 g/mol. The van der Waals surface area contributed by atoms with Gasteiger partial charge >= 0.3 is 0 Å². The molecule has 1 heterocycles. The summed E-state index contributed by atoms with van der Waals surface area (Å²) in [5, 5.41) is 5.39. The first kappa shape index (κ1) is 14.5. The Morgan fingerprint density at radius 3 is 2.89 bits per heavy atom. The normalized spacial score (nSPS) is 10.9. The van der Waals surface area contributed by atoms with Crippen LogP contribution in [0.5, 0.6) is 5.75 Å². The van der Waals surface area contributed by atoms with Crippen LogP contribution in [0.15, 0.2) is 33.6 Å². The van der Waals surface area contributed by atoms with E-state index in [2.05, 4.69) is 52.2 Å². The third-order valence-electron chi connectivity index (χ3n) is 2.57. The Bertz CT molecular complexity index is 514. The molecule has 0 saturated carbocycles. The summed E-state index contributed by atoms with van der Waals surface area (Å²) in [7, 11) is 0. The van der Waals surface area contributed by atoms with Gasteiger partial charge in [-0.1, -0.05) is 19.9 Å². The highest BCUT2D eigenvalue weighted by molar-refractivity contribution is 9.10. The van der Waals surface area contributed by atoms with E-state index in [1.165, 1.54) is 5.56 Å². The summed E-state index contributed by atoms with van der Waals surface area (Å²) in [4.78, 5) is 4.20. The van der Waals surface area contributed by atoms with Gasteiger partial charge in [0.15, 0.2) is 0 Å². The zero-order valence-electron chi connectivity index (χ0n) is 11.0. The Morgan fingerprint density at radius 1 is 1.42 bits per heavy atom. The summed E-state index contributed by atoms with van der Waals surface area (Å²) in [6, 6.07) is 6.65. The Labute approximate surface area is 126 Å². The molecule has 0 atom stereocenters. The first-order valence-corrected chi connectivity index (χ1v) is 7.90. The van der Waals surface area contributed by atoms with Crippen molar-refractivity contribution in [2.24, 2.45) is 0 Å². The number of rotatable bonds is 6. The van der Waals surface area contributed by atoms with Crippen LogP contribution in [-0.2, 0) is 13.2 Å². The zero-order chi connectivity index (χ0) is 13.7. The second-order valence-electron chi connectivity index (χ2n) is 4.57. The van der Waals surface area contributed by atoms with E-state index in [0.717, 1.165) is 22.5 Å². The van der Waals surface area contributed by atoms with Gasteiger partial charge in [-0.25, -0.2) is 4.98 Å². The van der Waals surface area contributed by atoms with Crippen LogP contribution in [0.25, 0.3) is 0 Å². The SMILES string of the molecule is CC(C)NCc1ccc(OCc2cscn2)c(Br)c1. The number of benzene rings is 1. The van der Waals surface area contributed by atoms with Crippen LogP contribution in [0, 0.1) is 0 Å². The van der Waals surface area contributed by atoms with Gasteiger partial charge in [-0.2, -0.15) is 0 Å². The molecule has 1 aromatic heterocycles. The molecule has 2 rings (SSSR count). The molecule has 102 valence electrons. The minimum atomic E-state index is 0.486. The maximum Gasteiger partial charge on any atom is 0.134 e. The molecule has 0 aliphatic heterocycles. The molecule has 1 N–H and O–H groups in total. The smallest absolute Gasteiger partial charge is 0.134 e. The van der Waals surface area contributed by atoms with E-state index in [1.807, 2.05) is 17.0 Å². The van der Waals surface area contributed by atoms with Gasteiger partial charge < -0.3 is 10.1 Å². The number of thiazole rings is 1. The van der Waals surface area contributed by atoms with E-state index >= 15 is 0 Å². The number of aromatic nitrogens is 1. The first-order valence-electron chi connectivity index (χ1n) is 6.17. The first-order chi connectivity index (χ1) is 9.15. The van der Waals surface area contributed by atoms with Crippen LogP contribution in [0.3, 0.4) is 0 Å². The minimum absolute atomic E-state index is 0.486. The minimum Gasteiger partial charge on any atom is -0.486 e. The molecule has 0 unspecified atom stereocenters. The van der Waals surface area contributed by atoms with Gasteiger partial charge in [0.25, 0.3) is 0 Å². The topological polar surface area (TPSA) is 34.1 Å². The quantitative estimate of drug-likeness (QED) is 0.863. The second-order valence-corrected chi connectivity index (χ2v) is 6.14. The number of halogens is 1. The van der Waals surface area contributed by atoms with Crippen molar-refractivity contribution < 1.29 is 4.74 Å². The van der Waals surface area contributed by atoms with Crippen LogP contribution >= 0.6 is 27.3 Å².